The van der Waals surface area contributed by atoms with Gasteiger partial charge in [0.1, 0.15) is 6.23 Å². The smallest absolute Gasteiger partial charge is 0.463 e. The molecule has 0 heterocycles. The topological polar surface area (TPSA) is 71.1 Å². The minimum Gasteiger partial charge on any atom is -0.463 e. The highest BCUT2D eigenvalue weighted by atomic mass is 28.4. The molecule has 0 bridgehead atoms. The predicted molar refractivity (Wildman–Crippen MR) is 66.5 cm³/mol. The molecule has 0 aliphatic carbocycles. The van der Waals surface area contributed by atoms with Crippen molar-refractivity contribution in [1.29, 1.82) is 0 Å². The van der Waals surface area contributed by atoms with Crippen LogP contribution in [-0.4, -0.2) is 40.2 Å². The van der Waals surface area contributed by atoms with Crippen LogP contribution in [0.5, 0.6) is 0 Å². The van der Waals surface area contributed by atoms with E-state index in [9.17, 15) is 9.59 Å². The predicted octanol–water partition coefficient (Wildman–Crippen LogP) is 1.22. The second-order valence-electron chi connectivity index (χ2n) is 3.75. The summed E-state index contributed by atoms with van der Waals surface area (Å²) < 4.78 is 20.7. The van der Waals surface area contributed by atoms with Crippen LogP contribution < -0.4 is 0 Å². The van der Waals surface area contributed by atoms with Gasteiger partial charge in [0.2, 0.25) is 0 Å². The second kappa shape index (κ2) is 8.01. The Morgan fingerprint density at radius 3 is 1.94 bits per heavy atom. The largest absolute Gasteiger partial charge is 0.663 e. The molecule has 0 unspecified atom stereocenters. The van der Waals surface area contributed by atoms with Crippen LogP contribution in [0, 0.1) is 0 Å². The Balaban J connectivity index is 4.74. The molecule has 0 aliphatic rings. The van der Waals surface area contributed by atoms with Crippen LogP contribution >= 0.6 is 0 Å². The van der Waals surface area contributed by atoms with Gasteiger partial charge in [-0.15, -0.1) is 0 Å². The Labute approximate surface area is 108 Å². The summed E-state index contributed by atoms with van der Waals surface area (Å²) in [5.74, 6) is -1.15. The standard InChI is InChI=1S/C11H20O6Si/c1-6-15-18(16-10(4)12,17-11(5)13)8-14-7-9(2)3/h2,6-8H2,1,3-5H3. The zero-order valence-corrected chi connectivity index (χ0v) is 12.3. The van der Waals surface area contributed by atoms with E-state index in [2.05, 4.69) is 6.58 Å². The first-order chi connectivity index (χ1) is 8.31. The minimum atomic E-state index is -3.45. The summed E-state index contributed by atoms with van der Waals surface area (Å²) in [5, 5.41) is 0. The highest BCUT2D eigenvalue weighted by Crippen LogP contribution is 2.12. The highest BCUT2D eigenvalue weighted by Gasteiger charge is 2.48. The highest BCUT2D eigenvalue weighted by molar-refractivity contribution is 6.64. The summed E-state index contributed by atoms with van der Waals surface area (Å²) >= 11 is 0. The molecule has 0 radical (unpaired) electrons. The van der Waals surface area contributed by atoms with E-state index < -0.39 is 20.7 Å². The number of rotatable bonds is 8. The van der Waals surface area contributed by atoms with Gasteiger partial charge in [0.05, 0.1) is 6.61 Å². The lowest BCUT2D eigenvalue weighted by Gasteiger charge is -2.26. The molecule has 0 aromatic heterocycles. The number of ether oxygens (including phenoxy) is 1. The number of hydrogen-bond donors (Lipinski definition) is 0. The molecular weight excluding hydrogens is 256 g/mol. The van der Waals surface area contributed by atoms with Crippen molar-refractivity contribution >= 4 is 20.7 Å². The monoisotopic (exact) mass is 276 g/mol. The molecular formula is C11H20O6Si. The first-order valence-corrected chi connectivity index (χ1v) is 7.49. The van der Waals surface area contributed by atoms with Gasteiger partial charge in [0.15, 0.2) is 0 Å². The van der Waals surface area contributed by atoms with Gasteiger partial charge in [-0.1, -0.05) is 12.2 Å². The van der Waals surface area contributed by atoms with E-state index in [1.807, 2.05) is 0 Å². The van der Waals surface area contributed by atoms with E-state index in [0.29, 0.717) is 0 Å². The molecule has 0 saturated heterocycles. The van der Waals surface area contributed by atoms with Crippen molar-refractivity contribution in [3.8, 4) is 0 Å². The summed E-state index contributed by atoms with van der Waals surface area (Å²) in [4.78, 5) is 22.2. The first-order valence-electron chi connectivity index (χ1n) is 5.56. The quantitative estimate of drug-likeness (QED) is 0.490. The molecule has 0 saturated carbocycles. The van der Waals surface area contributed by atoms with E-state index in [0.717, 1.165) is 5.57 Å². The van der Waals surface area contributed by atoms with E-state index in [1.165, 1.54) is 13.8 Å². The van der Waals surface area contributed by atoms with Crippen LogP contribution in [-0.2, 0) is 27.6 Å². The van der Waals surface area contributed by atoms with Gasteiger partial charge in [0.25, 0.3) is 11.9 Å². The average molecular weight is 276 g/mol. The van der Waals surface area contributed by atoms with Crippen molar-refractivity contribution in [1.82, 2.24) is 0 Å². The summed E-state index contributed by atoms with van der Waals surface area (Å²) in [6, 6.07) is 0. The molecule has 0 N–H and O–H groups in total. The van der Waals surface area contributed by atoms with E-state index >= 15 is 0 Å². The normalized spacial score (nSPS) is 10.9. The number of carbonyl (C=O) groups is 2. The Hall–Kier alpha value is -1.18. The van der Waals surface area contributed by atoms with Gasteiger partial charge in [-0.2, -0.15) is 0 Å². The van der Waals surface area contributed by atoms with Crippen LogP contribution in [0.3, 0.4) is 0 Å². The first kappa shape index (κ1) is 16.8. The maximum atomic E-state index is 11.1. The maximum absolute atomic E-state index is 11.1. The van der Waals surface area contributed by atoms with Crippen molar-refractivity contribution < 1.29 is 27.6 Å². The molecule has 0 rings (SSSR count). The molecule has 7 heteroatoms. The summed E-state index contributed by atoms with van der Waals surface area (Å²) in [5.41, 5.74) is 0.806. The third-order valence-electron chi connectivity index (χ3n) is 1.59. The van der Waals surface area contributed by atoms with Gasteiger partial charge < -0.3 is 18.0 Å². The molecule has 0 aromatic carbocycles. The van der Waals surface area contributed by atoms with E-state index in [-0.39, 0.29) is 19.4 Å². The lowest BCUT2D eigenvalue weighted by atomic mass is 10.4. The fourth-order valence-corrected chi connectivity index (χ4v) is 3.22. The van der Waals surface area contributed by atoms with Gasteiger partial charge in [-0.25, -0.2) is 0 Å². The maximum Gasteiger partial charge on any atom is 0.663 e. The van der Waals surface area contributed by atoms with Crippen LogP contribution in [0.2, 0.25) is 0 Å². The lowest BCUT2D eigenvalue weighted by molar-refractivity contribution is -0.144. The van der Waals surface area contributed by atoms with Gasteiger partial charge in [-0.05, 0) is 13.8 Å². The third kappa shape index (κ3) is 7.20. The molecule has 104 valence electrons. The van der Waals surface area contributed by atoms with Crippen LogP contribution in [0.15, 0.2) is 12.2 Å². The average Bonchev–Trinajstić information content (AvgIpc) is 2.14. The molecule has 18 heavy (non-hydrogen) atoms. The van der Waals surface area contributed by atoms with Crippen molar-refractivity contribution in [3.63, 3.8) is 0 Å². The van der Waals surface area contributed by atoms with Crippen LogP contribution in [0.4, 0.5) is 0 Å². The zero-order valence-electron chi connectivity index (χ0n) is 11.3. The van der Waals surface area contributed by atoms with Crippen molar-refractivity contribution in [3.05, 3.63) is 12.2 Å². The summed E-state index contributed by atoms with van der Waals surface area (Å²) in [6.45, 7) is 10.2. The Morgan fingerprint density at radius 1 is 1.11 bits per heavy atom. The SMILES string of the molecule is C=C(C)COC[Si](OCC)(OC(C)=O)OC(C)=O. The minimum absolute atomic E-state index is 0.0765. The molecule has 0 aromatic rings. The second-order valence-corrected chi connectivity index (χ2v) is 6.10. The molecule has 0 fully saturated rings. The molecule has 0 spiro atoms. The molecule has 6 nitrogen and oxygen atoms in total. The zero-order chi connectivity index (χ0) is 14.2. The van der Waals surface area contributed by atoms with Crippen LogP contribution in [0.1, 0.15) is 27.7 Å². The number of carbonyl (C=O) groups excluding carboxylic acids is 2. The van der Waals surface area contributed by atoms with E-state index in [1.54, 1.807) is 13.8 Å². The summed E-state index contributed by atoms with van der Waals surface area (Å²) in [6.07, 6.45) is -0.0765. The van der Waals surface area contributed by atoms with Crippen LogP contribution in [0.25, 0.3) is 0 Å². The fourth-order valence-electron chi connectivity index (χ4n) is 1.19. The van der Waals surface area contributed by atoms with Gasteiger partial charge >= 0.3 is 8.80 Å². The Bertz CT molecular complexity index is 299. The molecule has 0 aliphatic heterocycles. The van der Waals surface area contributed by atoms with E-state index in [4.69, 9.17) is 18.0 Å². The van der Waals surface area contributed by atoms with Crippen molar-refractivity contribution in [2.24, 2.45) is 0 Å². The lowest BCUT2D eigenvalue weighted by Crippen LogP contribution is -2.53. The van der Waals surface area contributed by atoms with Gasteiger partial charge in [0, 0.05) is 20.5 Å². The third-order valence-corrected chi connectivity index (χ3v) is 4.07. The van der Waals surface area contributed by atoms with Crippen molar-refractivity contribution in [2.75, 3.05) is 19.4 Å². The Kier molecular flexibility index (Phi) is 7.49. The summed E-state index contributed by atoms with van der Waals surface area (Å²) in [7, 11) is -3.45. The number of hydrogen-bond acceptors (Lipinski definition) is 6. The van der Waals surface area contributed by atoms with Crippen molar-refractivity contribution in [2.45, 2.75) is 27.7 Å². The fraction of sp³-hybridized carbons (Fsp3) is 0.636. The molecule has 0 atom stereocenters. The Morgan fingerprint density at radius 2 is 1.61 bits per heavy atom. The van der Waals surface area contributed by atoms with Gasteiger partial charge in [-0.3, -0.25) is 9.59 Å². The molecule has 0 amide bonds.